The lowest BCUT2D eigenvalue weighted by Gasteiger charge is -2.07. The maximum Gasteiger partial charge on any atom is 0.311 e. The Balaban J connectivity index is 1.93. The minimum atomic E-state index is -0.553. The topological polar surface area (TPSA) is 103 Å². The molecule has 136 valence electrons. The van der Waals surface area contributed by atoms with E-state index >= 15 is 0 Å². The Hall–Kier alpha value is -3.42. The fourth-order valence-electron chi connectivity index (χ4n) is 2.12. The lowest BCUT2D eigenvalue weighted by Crippen LogP contribution is -2.24. The highest BCUT2D eigenvalue weighted by Gasteiger charge is 2.16. The van der Waals surface area contributed by atoms with Crippen molar-refractivity contribution in [2.24, 2.45) is 5.10 Å². The Bertz CT molecular complexity index is 820. The number of rotatable bonds is 8. The van der Waals surface area contributed by atoms with E-state index in [2.05, 4.69) is 10.5 Å². The Morgan fingerprint density at radius 2 is 2.00 bits per heavy atom. The normalized spacial score (nSPS) is 10.5. The molecular weight excluding hydrogens is 338 g/mol. The lowest BCUT2D eigenvalue weighted by molar-refractivity contribution is -0.385. The van der Waals surface area contributed by atoms with Crippen LogP contribution in [0.15, 0.2) is 47.6 Å². The van der Waals surface area contributed by atoms with E-state index in [0.29, 0.717) is 17.9 Å². The summed E-state index contributed by atoms with van der Waals surface area (Å²) < 4.78 is 10.7. The van der Waals surface area contributed by atoms with Gasteiger partial charge < -0.3 is 9.47 Å². The first-order valence-electron chi connectivity index (χ1n) is 7.93. The second-order valence-corrected chi connectivity index (χ2v) is 5.28. The highest BCUT2D eigenvalue weighted by atomic mass is 16.6. The van der Waals surface area contributed by atoms with Crippen LogP contribution in [0.4, 0.5) is 5.69 Å². The van der Waals surface area contributed by atoms with Gasteiger partial charge >= 0.3 is 5.69 Å². The standard InChI is InChI=1S/C18H19N3O5/c1-3-25-16-7-5-4-6-14(16)11-19-20-18(22)12-26-17-9-8-13(2)10-15(17)21(23)24/h4-11H,3,12H2,1-2H3,(H,20,22). The van der Waals surface area contributed by atoms with Gasteiger partial charge in [-0.25, -0.2) is 5.43 Å². The van der Waals surface area contributed by atoms with Gasteiger partial charge in [0.25, 0.3) is 5.91 Å². The average Bonchev–Trinajstić information content (AvgIpc) is 2.62. The molecule has 1 N–H and O–H groups in total. The van der Waals surface area contributed by atoms with Crippen molar-refractivity contribution >= 4 is 17.8 Å². The molecule has 0 aliphatic heterocycles. The molecule has 8 nitrogen and oxygen atoms in total. The summed E-state index contributed by atoms with van der Waals surface area (Å²) in [6.45, 7) is 3.73. The minimum absolute atomic E-state index is 0.0291. The average molecular weight is 357 g/mol. The molecule has 8 heteroatoms. The summed E-state index contributed by atoms with van der Waals surface area (Å²) >= 11 is 0. The molecule has 0 aliphatic carbocycles. The SMILES string of the molecule is CCOc1ccccc1C=NNC(=O)COc1ccc(C)cc1[N+](=O)[O-]. The molecule has 0 aliphatic rings. The zero-order valence-electron chi connectivity index (χ0n) is 14.5. The van der Waals surface area contributed by atoms with E-state index in [1.54, 1.807) is 25.1 Å². The van der Waals surface area contributed by atoms with Crippen LogP contribution in [0.5, 0.6) is 11.5 Å². The first-order chi connectivity index (χ1) is 12.5. The van der Waals surface area contributed by atoms with Gasteiger partial charge in [-0.3, -0.25) is 14.9 Å². The number of ether oxygens (including phenoxy) is 2. The van der Waals surface area contributed by atoms with Gasteiger partial charge in [0.1, 0.15) is 5.75 Å². The van der Waals surface area contributed by atoms with Crippen molar-refractivity contribution in [3.8, 4) is 11.5 Å². The van der Waals surface area contributed by atoms with E-state index in [9.17, 15) is 14.9 Å². The van der Waals surface area contributed by atoms with Crippen molar-refractivity contribution in [1.29, 1.82) is 0 Å². The number of nitro groups is 1. The van der Waals surface area contributed by atoms with Gasteiger partial charge in [-0.1, -0.05) is 18.2 Å². The molecule has 0 heterocycles. The van der Waals surface area contributed by atoms with Crippen LogP contribution in [0, 0.1) is 17.0 Å². The van der Waals surface area contributed by atoms with Gasteiger partial charge in [-0.05, 0) is 37.6 Å². The monoisotopic (exact) mass is 357 g/mol. The number of nitrogens with zero attached hydrogens (tertiary/aromatic N) is 2. The summed E-state index contributed by atoms with van der Waals surface area (Å²) in [7, 11) is 0. The number of hydrazone groups is 1. The third-order valence-electron chi connectivity index (χ3n) is 3.28. The summed E-state index contributed by atoms with van der Waals surface area (Å²) in [5, 5.41) is 14.9. The molecule has 0 fully saturated rings. The van der Waals surface area contributed by atoms with E-state index < -0.39 is 17.4 Å². The van der Waals surface area contributed by atoms with Crippen molar-refractivity contribution in [1.82, 2.24) is 5.43 Å². The molecule has 0 atom stereocenters. The predicted octanol–water partition coefficient (Wildman–Crippen LogP) is 2.83. The number of nitrogens with one attached hydrogen (secondary N) is 1. The van der Waals surface area contributed by atoms with Crippen molar-refractivity contribution < 1.29 is 19.2 Å². The Kier molecular flexibility index (Phi) is 6.67. The van der Waals surface area contributed by atoms with Gasteiger partial charge in [0.15, 0.2) is 12.4 Å². The molecule has 1 amide bonds. The molecular formula is C18H19N3O5. The Labute approximate surface area is 150 Å². The van der Waals surface area contributed by atoms with Gasteiger partial charge in [0.2, 0.25) is 0 Å². The number of amides is 1. The predicted molar refractivity (Wildman–Crippen MR) is 96.7 cm³/mol. The smallest absolute Gasteiger partial charge is 0.311 e. The maximum absolute atomic E-state index is 11.8. The van der Waals surface area contributed by atoms with Crippen LogP contribution >= 0.6 is 0 Å². The van der Waals surface area contributed by atoms with E-state index in [0.717, 1.165) is 5.56 Å². The van der Waals surface area contributed by atoms with E-state index in [-0.39, 0.29) is 11.4 Å². The number of nitro benzene ring substituents is 1. The van der Waals surface area contributed by atoms with Crippen LogP contribution in [0.25, 0.3) is 0 Å². The zero-order valence-corrected chi connectivity index (χ0v) is 14.5. The zero-order chi connectivity index (χ0) is 18.9. The summed E-state index contributed by atoms with van der Waals surface area (Å²) in [5.41, 5.74) is 3.56. The third kappa shape index (κ3) is 5.30. The molecule has 0 aromatic heterocycles. The van der Waals surface area contributed by atoms with E-state index in [4.69, 9.17) is 9.47 Å². The van der Waals surface area contributed by atoms with Gasteiger partial charge in [-0.15, -0.1) is 0 Å². The summed E-state index contributed by atoms with van der Waals surface area (Å²) in [4.78, 5) is 22.3. The number of hydrogen-bond donors (Lipinski definition) is 1. The largest absolute Gasteiger partial charge is 0.493 e. The van der Waals surface area contributed by atoms with Crippen LogP contribution in [-0.4, -0.2) is 30.3 Å². The Morgan fingerprint density at radius 1 is 1.23 bits per heavy atom. The number of benzene rings is 2. The van der Waals surface area contributed by atoms with Gasteiger partial charge in [0.05, 0.1) is 17.7 Å². The fourth-order valence-corrected chi connectivity index (χ4v) is 2.12. The fraction of sp³-hybridized carbons (Fsp3) is 0.222. The van der Waals surface area contributed by atoms with Gasteiger partial charge in [0, 0.05) is 11.6 Å². The molecule has 0 bridgehead atoms. The molecule has 2 aromatic carbocycles. The summed E-state index contributed by atoms with van der Waals surface area (Å²) in [6, 6.07) is 11.8. The highest BCUT2D eigenvalue weighted by molar-refractivity contribution is 5.85. The molecule has 2 aromatic rings. The number of carbonyl (C=O) groups is 1. The highest BCUT2D eigenvalue weighted by Crippen LogP contribution is 2.27. The molecule has 0 saturated carbocycles. The number of hydrogen-bond acceptors (Lipinski definition) is 6. The quantitative estimate of drug-likeness (QED) is 0.444. The maximum atomic E-state index is 11.8. The second-order valence-electron chi connectivity index (χ2n) is 5.28. The van der Waals surface area contributed by atoms with Crippen molar-refractivity contribution in [3.05, 3.63) is 63.7 Å². The molecule has 0 spiro atoms. The van der Waals surface area contributed by atoms with Crippen molar-refractivity contribution in [2.45, 2.75) is 13.8 Å². The van der Waals surface area contributed by atoms with Crippen LogP contribution in [-0.2, 0) is 4.79 Å². The van der Waals surface area contributed by atoms with Crippen molar-refractivity contribution in [2.75, 3.05) is 13.2 Å². The molecule has 0 saturated heterocycles. The van der Waals surface area contributed by atoms with Crippen LogP contribution < -0.4 is 14.9 Å². The first-order valence-corrected chi connectivity index (χ1v) is 7.93. The lowest BCUT2D eigenvalue weighted by atomic mass is 10.2. The molecule has 0 radical (unpaired) electrons. The first kappa shape index (κ1) is 18.9. The minimum Gasteiger partial charge on any atom is -0.493 e. The Morgan fingerprint density at radius 3 is 2.73 bits per heavy atom. The number of aryl methyl sites for hydroxylation is 1. The van der Waals surface area contributed by atoms with Crippen molar-refractivity contribution in [3.63, 3.8) is 0 Å². The number of carbonyl (C=O) groups excluding carboxylic acids is 1. The second kappa shape index (κ2) is 9.16. The summed E-state index contributed by atoms with van der Waals surface area (Å²) in [5.74, 6) is 0.144. The molecule has 26 heavy (non-hydrogen) atoms. The van der Waals surface area contributed by atoms with Crippen LogP contribution in [0.1, 0.15) is 18.1 Å². The molecule has 2 rings (SSSR count). The third-order valence-corrected chi connectivity index (χ3v) is 3.28. The van der Waals surface area contributed by atoms with Crippen LogP contribution in [0.2, 0.25) is 0 Å². The van der Waals surface area contributed by atoms with Gasteiger partial charge in [-0.2, -0.15) is 5.10 Å². The van der Waals surface area contributed by atoms with Crippen LogP contribution in [0.3, 0.4) is 0 Å². The number of para-hydroxylation sites is 1. The van der Waals surface area contributed by atoms with E-state index in [1.165, 1.54) is 18.3 Å². The summed E-state index contributed by atoms with van der Waals surface area (Å²) in [6.07, 6.45) is 1.46. The molecule has 0 unspecified atom stereocenters. The van der Waals surface area contributed by atoms with E-state index in [1.807, 2.05) is 19.1 Å².